The van der Waals surface area contributed by atoms with E-state index in [4.69, 9.17) is 4.74 Å². The van der Waals surface area contributed by atoms with Crippen molar-refractivity contribution in [1.82, 2.24) is 4.98 Å². The predicted octanol–water partition coefficient (Wildman–Crippen LogP) is 4.15. The molecule has 1 fully saturated rings. The molecule has 3 nitrogen and oxygen atoms in total. The van der Waals surface area contributed by atoms with Crippen LogP contribution in [0.15, 0.2) is 24.3 Å². The average molecular weight is 301 g/mol. The van der Waals surface area contributed by atoms with Gasteiger partial charge >= 0.3 is 0 Å². The van der Waals surface area contributed by atoms with Gasteiger partial charge < -0.3 is 4.74 Å². The molecule has 0 aliphatic heterocycles. The number of ether oxygens (including phenoxy) is 1. The fraction of sp³-hybridized carbons (Fsp3) is 0.412. The normalized spacial score (nSPS) is 14.2. The molecule has 3 rings (SSSR count). The highest BCUT2D eigenvalue weighted by Crippen LogP contribution is 2.42. The summed E-state index contributed by atoms with van der Waals surface area (Å²) in [6, 6.07) is 8.03. The molecule has 4 heteroatoms. The summed E-state index contributed by atoms with van der Waals surface area (Å²) in [5, 5.41) is 1.01. The fourth-order valence-corrected chi connectivity index (χ4v) is 3.36. The van der Waals surface area contributed by atoms with Crippen molar-refractivity contribution >= 4 is 17.1 Å². The number of ketones is 1. The van der Waals surface area contributed by atoms with Gasteiger partial charge in [-0.3, -0.25) is 4.79 Å². The molecule has 2 aromatic rings. The Hall–Kier alpha value is -1.68. The highest BCUT2D eigenvalue weighted by molar-refractivity contribution is 7.13. The van der Waals surface area contributed by atoms with Gasteiger partial charge in [0.25, 0.3) is 0 Å². The van der Waals surface area contributed by atoms with Gasteiger partial charge in [-0.05, 0) is 37.5 Å². The number of carbonyl (C=O) groups is 1. The van der Waals surface area contributed by atoms with E-state index >= 15 is 0 Å². The van der Waals surface area contributed by atoms with E-state index in [0.717, 1.165) is 27.7 Å². The maximum atomic E-state index is 11.7. The van der Waals surface area contributed by atoms with Crippen LogP contribution in [0.2, 0.25) is 0 Å². The second kappa shape index (κ2) is 5.98. The third-order valence-electron chi connectivity index (χ3n) is 3.56. The van der Waals surface area contributed by atoms with Crippen LogP contribution in [0.5, 0.6) is 5.75 Å². The van der Waals surface area contributed by atoms with Gasteiger partial charge in [0.05, 0.1) is 22.2 Å². The number of benzene rings is 1. The summed E-state index contributed by atoms with van der Waals surface area (Å²) in [5.74, 6) is 1.55. The van der Waals surface area contributed by atoms with E-state index in [1.165, 1.54) is 29.7 Å². The quantitative estimate of drug-likeness (QED) is 0.752. The van der Waals surface area contributed by atoms with Crippen LogP contribution in [-0.4, -0.2) is 17.4 Å². The molecule has 1 aromatic heterocycles. The monoisotopic (exact) mass is 301 g/mol. The molecule has 1 aromatic carbocycles. The smallest absolute Gasteiger partial charge is 0.171 e. The number of nitrogens with zero attached hydrogens (tertiary/aromatic N) is 1. The number of thiazole rings is 1. The zero-order chi connectivity index (χ0) is 14.8. The Morgan fingerprint density at radius 3 is 2.90 bits per heavy atom. The lowest BCUT2D eigenvalue weighted by atomic mass is 10.2. The summed E-state index contributed by atoms with van der Waals surface area (Å²) >= 11 is 1.53. The predicted molar refractivity (Wildman–Crippen MR) is 84.5 cm³/mol. The van der Waals surface area contributed by atoms with Gasteiger partial charge in [-0.1, -0.05) is 12.1 Å². The third kappa shape index (κ3) is 3.50. The maximum Gasteiger partial charge on any atom is 0.171 e. The van der Waals surface area contributed by atoms with E-state index in [2.05, 4.69) is 18.0 Å². The van der Waals surface area contributed by atoms with Crippen molar-refractivity contribution in [3.8, 4) is 5.75 Å². The van der Waals surface area contributed by atoms with Crippen LogP contribution in [0.1, 0.15) is 51.6 Å². The van der Waals surface area contributed by atoms with Crippen LogP contribution < -0.4 is 4.74 Å². The molecule has 0 bridgehead atoms. The first-order chi connectivity index (χ1) is 10.1. The lowest BCUT2D eigenvalue weighted by Crippen LogP contribution is -2.01. The summed E-state index contributed by atoms with van der Waals surface area (Å²) in [5.41, 5.74) is 2.22. The first-order valence-corrected chi connectivity index (χ1v) is 8.15. The Morgan fingerprint density at radius 1 is 1.43 bits per heavy atom. The van der Waals surface area contributed by atoms with E-state index in [1.54, 1.807) is 6.92 Å². The Labute approximate surface area is 129 Å². The summed E-state index contributed by atoms with van der Waals surface area (Å²) in [7, 11) is 0. The largest absolute Gasteiger partial charge is 0.493 e. The molecule has 1 heterocycles. The molecular weight excluding hydrogens is 282 g/mol. The second-order valence-corrected chi connectivity index (χ2v) is 6.65. The number of Topliss-reactive ketones (excluding diaryl/α,β-unsaturated/α-hetero) is 1. The second-order valence-electron chi connectivity index (χ2n) is 5.57. The van der Waals surface area contributed by atoms with E-state index < -0.39 is 0 Å². The van der Waals surface area contributed by atoms with Crippen molar-refractivity contribution in [2.24, 2.45) is 0 Å². The Morgan fingerprint density at radius 2 is 2.24 bits per heavy atom. The van der Waals surface area contributed by atoms with Crippen LogP contribution in [0.25, 0.3) is 0 Å². The summed E-state index contributed by atoms with van der Waals surface area (Å²) in [4.78, 5) is 17.2. The third-order valence-corrected chi connectivity index (χ3v) is 4.79. The molecule has 21 heavy (non-hydrogen) atoms. The summed E-state index contributed by atoms with van der Waals surface area (Å²) < 4.78 is 5.76. The molecule has 0 unspecified atom stereocenters. The summed E-state index contributed by atoms with van der Waals surface area (Å²) in [6.07, 6.45) is 3.10. The Bertz CT molecular complexity index is 659. The van der Waals surface area contributed by atoms with Crippen LogP contribution >= 0.6 is 11.3 Å². The van der Waals surface area contributed by atoms with Crippen LogP contribution in [0.4, 0.5) is 0 Å². The van der Waals surface area contributed by atoms with Gasteiger partial charge in [0.15, 0.2) is 5.78 Å². The van der Waals surface area contributed by atoms with E-state index in [0.29, 0.717) is 12.5 Å². The molecule has 0 amide bonds. The highest BCUT2D eigenvalue weighted by atomic mass is 32.1. The molecule has 0 atom stereocenters. The minimum atomic E-state index is 0.139. The first kappa shape index (κ1) is 14.3. The van der Waals surface area contributed by atoms with E-state index in [-0.39, 0.29) is 5.78 Å². The molecule has 0 spiro atoms. The van der Waals surface area contributed by atoms with Crippen molar-refractivity contribution in [3.05, 3.63) is 45.4 Å². The lowest BCUT2D eigenvalue weighted by Gasteiger charge is -2.05. The van der Waals surface area contributed by atoms with Gasteiger partial charge in [0.2, 0.25) is 0 Å². The molecule has 0 N–H and O–H groups in total. The number of aryl methyl sites for hydroxylation is 1. The van der Waals surface area contributed by atoms with Gasteiger partial charge in [-0.25, -0.2) is 4.98 Å². The summed E-state index contributed by atoms with van der Waals surface area (Å²) in [6.45, 7) is 4.28. The van der Waals surface area contributed by atoms with Crippen molar-refractivity contribution in [3.63, 3.8) is 0 Å². The standard InChI is InChI=1S/C17H19NO2S/c1-11-4-3-5-14(10-11)20-9-8-15-18-16(13-6-7-13)17(21-15)12(2)19/h3-5,10,13H,6-9H2,1-2H3. The number of rotatable bonds is 6. The topological polar surface area (TPSA) is 39.2 Å². The van der Waals surface area contributed by atoms with Crippen LogP contribution in [-0.2, 0) is 6.42 Å². The maximum absolute atomic E-state index is 11.7. The molecule has 1 aliphatic carbocycles. The highest BCUT2D eigenvalue weighted by Gasteiger charge is 2.30. The minimum Gasteiger partial charge on any atom is -0.493 e. The molecular formula is C17H19NO2S. The lowest BCUT2D eigenvalue weighted by molar-refractivity contribution is 0.102. The van der Waals surface area contributed by atoms with Gasteiger partial charge in [0, 0.05) is 19.3 Å². The SMILES string of the molecule is CC(=O)c1sc(CCOc2cccc(C)c2)nc1C1CC1. The van der Waals surface area contributed by atoms with Gasteiger partial charge in [0.1, 0.15) is 5.75 Å². The van der Waals surface area contributed by atoms with E-state index in [9.17, 15) is 4.79 Å². The molecule has 0 saturated heterocycles. The molecule has 0 radical (unpaired) electrons. The number of hydrogen-bond donors (Lipinski definition) is 0. The molecule has 1 saturated carbocycles. The molecule has 1 aliphatic rings. The van der Waals surface area contributed by atoms with Crippen molar-refractivity contribution in [2.75, 3.05) is 6.61 Å². The van der Waals surface area contributed by atoms with E-state index in [1.807, 2.05) is 18.2 Å². The van der Waals surface area contributed by atoms with Gasteiger partial charge in [-0.2, -0.15) is 0 Å². The Kier molecular flexibility index (Phi) is 4.06. The minimum absolute atomic E-state index is 0.139. The van der Waals surface area contributed by atoms with Crippen LogP contribution in [0, 0.1) is 6.92 Å². The number of aromatic nitrogens is 1. The average Bonchev–Trinajstić information content (AvgIpc) is 3.19. The zero-order valence-corrected chi connectivity index (χ0v) is 13.2. The zero-order valence-electron chi connectivity index (χ0n) is 12.4. The molecule has 110 valence electrons. The van der Waals surface area contributed by atoms with Gasteiger partial charge in [-0.15, -0.1) is 11.3 Å². The van der Waals surface area contributed by atoms with Crippen molar-refractivity contribution < 1.29 is 9.53 Å². The van der Waals surface area contributed by atoms with Crippen molar-refractivity contribution in [2.45, 2.75) is 39.0 Å². The fourth-order valence-electron chi connectivity index (χ4n) is 2.33. The van der Waals surface area contributed by atoms with Crippen molar-refractivity contribution in [1.29, 1.82) is 0 Å². The number of carbonyl (C=O) groups excluding carboxylic acids is 1. The first-order valence-electron chi connectivity index (χ1n) is 7.33. The van der Waals surface area contributed by atoms with Crippen LogP contribution in [0.3, 0.4) is 0 Å². The number of hydrogen-bond acceptors (Lipinski definition) is 4. The Balaban J connectivity index is 1.63.